The summed E-state index contributed by atoms with van der Waals surface area (Å²) >= 11 is 0. The molecule has 0 aromatic rings. The molecule has 5 nitrogen and oxygen atoms in total. The van der Waals surface area contributed by atoms with E-state index >= 15 is 0 Å². The Morgan fingerprint density at radius 1 is 1.08 bits per heavy atom. The maximum atomic E-state index is 11.5. The molecule has 0 radical (unpaired) electrons. The molecule has 1 saturated carbocycles. The molecular formula is C19H36N4O. The number of likely N-dealkylation sites (tertiary alicyclic amines) is 1. The van der Waals surface area contributed by atoms with Crippen LogP contribution in [0.2, 0.25) is 0 Å². The number of amides is 1. The second-order valence-electron chi connectivity index (χ2n) is 7.63. The molecule has 0 aromatic carbocycles. The largest absolute Gasteiger partial charge is 0.359 e. The summed E-state index contributed by atoms with van der Waals surface area (Å²) in [5, 5.41) is 6.20. The highest BCUT2D eigenvalue weighted by Crippen LogP contribution is 2.28. The average molecular weight is 337 g/mol. The number of piperidine rings is 1. The monoisotopic (exact) mass is 336 g/mol. The van der Waals surface area contributed by atoms with E-state index in [2.05, 4.69) is 29.4 Å². The zero-order chi connectivity index (χ0) is 17.4. The fourth-order valence-corrected chi connectivity index (χ4v) is 3.87. The SMILES string of the molecule is CCNC(=NCC1CCC(C)CC1)N1CCC(CC(=O)NC)CC1. The first-order valence-electron chi connectivity index (χ1n) is 9.86. The number of guanidine groups is 1. The molecule has 0 atom stereocenters. The quantitative estimate of drug-likeness (QED) is 0.599. The zero-order valence-electron chi connectivity index (χ0n) is 15.8. The van der Waals surface area contributed by atoms with Gasteiger partial charge in [-0.25, -0.2) is 0 Å². The molecule has 1 saturated heterocycles. The molecule has 1 heterocycles. The molecule has 0 unspecified atom stereocenters. The standard InChI is InChI=1S/C19H36N4O/c1-4-21-19(22-14-17-7-5-15(2)6-8-17)23-11-9-16(10-12-23)13-18(24)20-3/h15-17H,4-14H2,1-3H3,(H,20,24)(H,21,22). The van der Waals surface area contributed by atoms with E-state index in [0.29, 0.717) is 12.3 Å². The Balaban J connectivity index is 1.82. The van der Waals surface area contributed by atoms with Crippen LogP contribution in [-0.2, 0) is 4.79 Å². The average Bonchev–Trinajstić information content (AvgIpc) is 2.60. The highest BCUT2D eigenvalue weighted by Gasteiger charge is 2.24. The lowest BCUT2D eigenvalue weighted by molar-refractivity contribution is -0.121. The first-order valence-corrected chi connectivity index (χ1v) is 9.86. The highest BCUT2D eigenvalue weighted by molar-refractivity contribution is 5.80. The van der Waals surface area contributed by atoms with E-state index in [1.165, 1.54) is 25.7 Å². The maximum Gasteiger partial charge on any atom is 0.220 e. The molecule has 2 fully saturated rings. The van der Waals surface area contributed by atoms with E-state index < -0.39 is 0 Å². The van der Waals surface area contributed by atoms with Gasteiger partial charge in [-0.2, -0.15) is 0 Å². The second-order valence-corrected chi connectivity index (χ2v) is 7.63. The lowest BCUT2D eigenvalue weighted by atomic mass is 9.83. The van der Waals surface area contributed by atoms with E-state index in [4.69, 9.17) is 4.99 Å². The van der Waals surface area contributed by atoms with Crippen LogP contribution in [0.1, 0.15) is 58.8 Å². The van der Waals surface area contributed by atoms with Crippen LogP contribution >= 0.6 is 0 Å². The number of nitrogens with zero attached hydrogens (tertiary/aromatic N) is 2. The fourth-order valence-electron chi connectivity index (χ4n) is 3.87. The summed E-state index contributed by atoms with van der Waals surface area (Å²) in [7, 11) is 1.72. The third-order valence-corrected chi connectivity index (χ3v) is 5.64. The van der Waals surface area contributed by atoms with Crippen molar-refractivity contribution in [2.24, 2.45) is 22.7 Å². The Hall–Kier alpha value is -1.26. The van der Waals surface area contributed by atoms with Crippen molar-refractivity contribution in [3.8, 4) is 0 Å². The molecule has 1 amide bonds. The molecule has 1 aliphatic heterocycles. The summed E-state index contributed by atoms with van der Waals surface area (Å²) in [6.07, 6.45) is 8.22. The van der Waals surface area contributed by atoms with Crippen molar-refractivity contribution in [3.05, 3.63) is 0 Å². The van der Waals surface area contributed by atoms with E-state index in [9.17, 15) is 4.79 Å². The van der Waals surface area contributed by atoms with Crippen molar-refractivity contribution >= 4 is 11.9 Å². The second kappa shape index (κ2) is 9.90. The molecule has 138 valence electrons. The van der Waals surface area contributed by atoms with Crippen molar-refractivity contribution in [1.29, 1.82) is 0 Å². The number of hydrogen-bond acceptors (Lipinski definition) is 2. The summed E-state index contributed by atoms with van der Waals surface area (Å²) in [4.78, 5) is 18.9. The minimum absolute atomic E-state index is 0.167. The molecule has 2 rings (SSSR count). The smallest absolute Gasteiger partial charge is 0.220 e. The van der Waals surface area contributed by atoms with E-state index in [0.717, 1.165) is 56.8 Å². The minimum atomic E-state index is 0.167. The van der Waals surface area contributed by atoms with Crippen LogP contribution in [0.5, 0.6) is 0 Å². The van der Waals surface area contributed by atoms with Gasteiger partial charge in [0.1, 0.15) is 0 Å². The Labute approximate surface area is 147 Å². The molecule has 24 heavy (non-hydrogen) atoms. The van der Waals surface area contributed by atoms with Crippen LogP contribution < -0.4 is 10.6 Å². The van der Waals surface area contributed by atoms with Gasteiger partial charge in [-0.3, -0.25) is 9.79 Å². The van der Waals surface area contributed by atoms with Gasteiger partial charge in [-0.1, -0.05) is 19.8 Å². The van der Waals surface area contributed by atoms with Crippen LogP contribution in [0.25, 0.3) is 0 Å². The Morgan fingerprint density at radius 3 is 2.33 bits per heavy atom. The third kappa shape index (κ3) is 5.99. The van der Waals surface area contributed by atoms with Gasteiger partial charge in [-0.05, 0) is 50.4 Å². The van der Waals surface area contributed by atoms with Gasteiger partial charge in [0.15, 0.2) is 5.96 Å². The Morgan fingerprint density at radius 2 is 1.75 bits per heavy atom. The van der Waals surface area contributed by atoms with Gasteiger partial charge in [0.25, 0.3) is 0 Å². The van der Waals surface area contributed by atoms with E-state index in [1.807, 2.05) is 0 Å². The predicted octanol–water partition coefficient (Wildman–Crippen LogP) is 2.63. The first-order chi connectivity index (χ1) is 11.6. The van der Waals surface area contributed by atoms with Crippen molar-refractivity contribution in [3.63, 3.8) is 0 Å². The molecule has 0 aromatic heterocycles. The summed E-state index contributed by atoms with van der Waals surface area (Å²) in [6.45, 7) is 8.40. The number of rotatable bonds is 5. The van der Waals surface area contributed by atoms with Crippen molar-refractivity contribution in [2.45, 2.75) is 58.8 Å². The molecule has 0 bridgehead atoms. The molecule has 5 heteroatoms. The number of hydrogen-bond donors (Lipinski definition) is 2. The fraction of sp³-hybridized carbons (Fsp3) is 0.895. The summed E-state index contributed by atoms with van der Waals surface area (Å²) in [6, 6.07) is 0. The molecular weight excluding hydrogens is 300 g/mol. The van der Waals surface area contributed by atoms with Crippen molar-refractivity contribution < 1.29 is 4.79 Å². The van der Waals surface area contributed by atoms with Crippen molar-refractivity contribution in [1.82, 2.24) is 15.5 Å². The normalized spacial score (nSPS) is 26.3. The summed E-state index contributed by atoms with van der Waals surface area (Å²) < 4.78 is 0. The Kier molecular flexibility index (Phi) is 7.86. The number of aliphatic imine (C=N–C) groups is 1. The van der Waals surface area contributed by atoms with Crippen LogP contribution in [0.15, 0.2) is 4.99 Å². The van der Waals surface area contributed by atoms with Crippen LogP contribution in [-0.4, -0.2) is 50.0 Å². The van der Waals surface area contributed by atoms with Gasteiger partial charge in [0.2, 0.25) is 5.91 Å². The molecule has 2 N–H and O–H groups in total. The van der Waals surface area contributed by atoms with Gasteiger partial charge >= 0.3 is 0 Å². The van der Waals surface area contributed by atoms with Gasteiger partial charge in [0, 0.05) is 39.6 Å². The summed E-state index contributed by atoms with van der Waals surface area (Å²) in [5.74, 6) is 3.43. The van der Waals surface area contributed by atoms with Gasteiger partial charge < -0.3 is 15.5 Å². The zero-order valence-corrected chi connectivity index (χ0v) is 15.8. The predicted molar refractivity (Wildman–Crippen MR) is 100 cm³/mol. The third-order valence-electron chi connectivity index (χ3n) is 5.64. The van der Waals surface area contributed by atoms with Crippen LogP contribution in [0.4, 0.5) is 0 Å². The number of nitrogens with one attached hydrogen (secondary N) is 2. The van der Waals surface area contributed by atoms with Gasteiger partial charge in [-0.15, -0.1) is 0 Å². The van der Waals surface area contributed by atoms with Gasteiger partial charge in [0.05, 0.1) is 0 Å². The topological polar surface area (TPSA) is 56.7 Å². The van der Waals surface area contributed by atoms with Crippen molar-refractivity contribution in [2.75, 3.05) is 33.2 Å². The minimum Gasteiger partial charge on any atom is -0.359 e. The maximum absolute atomic E-state index is 11.5. The Bertz CT molecular complexity index is 408. The molecule has 0 spiro atoms. The van der Waals surface area contributed by atoms with E-state index in [1.54, 1.807) is 7.05 Å². The number of carbonyl (C=O) groups is 1. The van der Waals surface area contributed by atoms with Crippen LogP contribution in [0.3, 0.4) is 0 Å². The first kappa shape index (κ1) is 19.1. The molecule has 2 aliphatic rings. The van der Waals surface area contributed by atoms with E-state index in [-0.39, 0.29) is 5.91 Å². The lowest BCUT2D eigenvalue weighted by Gasteiger charge is -2.34. The molecule has 1 aliphatic carbocycles. The summed E-state index contributed by atoms with van der Waals surface area (Å²) in [5.41, 5.74) is 0. The number of carbonyl (C=O) groups excluding carboxylic acids is 1. The highest BCUT2D eigenvalue weighted by atomic mass is 16.1. The lowest BCUT2D eigenvalue weighted by Crippen LogP contribution is -2.46. The van der Waals surface area contributed by atoms with Crippen LogP contribution in [0, 0.1) is 17.8 Å².